The minimum atomic E-state index is -0.197. The Morgan fingerprint density at radius 2 is 1.88 bits per heavy atom. The average Bonchev–Trinajstić information content (AvgIpc) is 2.54. The van der Waals surface area contributed by atoms with Crippen molar-refractivity contribution in [3.05, 3.63) is 18.3 Å². The van der Waals surface area contributed by atoms with Crippen LogP contribution in [0, 0.1) is 11.8 Å². The molecular formula is C19H27N3O3. The van der Waals surface area contributed by atoms with E-state index in [1.165, 1.54) is 12.8 Å². The fourth-order valence-electron chi connectivity index (χ4n) is 3.23. The van der Waals surface area contributed by atoms with Gasteiger partial charge >= 0.3 is 0 Å². The highest BCUT2D eigenvalue weighted by Gasteiger charge is 2.25. The quantitative estimate of drug-likeness (QED) is 0.828. The summed E-state index contributed by atoms with van der Waals surface area (Å²) in [7, 11) is 0. The number of nitrogens with one attached hydrogen (secondary N) is 2. The van der Waals surface area contributed by atoms with E-state index in [1.54, 1.807) is 18.3 Å². The van der Waals surface area contributed by atoms with Gasteiger partial charge in [0.2, 0.25) is 5.91 Å². The zero-order chi connectivity index (χ0) is 17.6. The number of hydrogen-bond donors (Lipinski definition) is 2. The predicted octanol–water partition coefficient (Wildman–Crippen LogP) is 3.35. The molecule has 1 aromatic heterocycles. The summed E-state index contributed by atoms with van der Waals surface area (Å²) in [5.41, 5.74) is 0.655. The summed E-state index contributed by atoms with van der Waals surface area (Å²) in [4.78, 5) is 28.0. The van der Waals surface area contributed by atoms with Gasteiger partial charge in [-0.05, 0) is 56.6 Å². The lowest BCUT2D eigenvalue weighted by Crippen LogP contribution is -2.28. The Balaban J connectivity index is 1.39. The van der Waals surface area contributed by atoms with Crippen LogP contribution in [0.2, 0.25) is 0 Å². The summed E-state index contributed by atoms with van der Waals surface area (Å²) in [5.74, 6) is 1.23. The van der Waals surface area contributed by atoms with E-state index in [2.05, 4.69) is 22.5 Å². The number of aromatic nitrogens is 1. The molecular weight excluding hydrogens is 318 g/mol. The van der Waals surface area contributed by atoms with Gasteiger partial charge in [-0.1, -0.05) is 13.3 Å². The second-order valence-corrected chi connectivity index (χ2v) is 7.29. The summed E-state index contributed by atoms with van der Waals surface area (Å²) in [6.07, 6.45) is 9.21. The van der Waals surface area contributed by atoms with Gasteiger partial charge in [0.15, 0.2) is 0 Å². The molecule has 3 rings (SSSR count). The lowest BCUT2D eigenvalue weighted by atomic mass is 9.85. The molecule has 25 heavy (non-hydrogen) atoms. The van der Waals surface area contributed by atoms with Gasteiger partial charge in [-0.25, -0.2) is 4.98 Å². The molecule has 2 fully saturated rings. The number of anilines is 2. The van der Waals surface area contributed by atoms with Crippen molar-refractivity contribution in [2.75, 3.05) is 17.2 Å². The fourth-order valence-corrected chi connectivity index (χ4v) is 3.23. The first-order valence-corrected chi connectivity index (χ1v) is 9.28. The minimum absolute atomic E-state index is 0.0556. The first-order chi connectivity index (χ1) is 12.1. The Labute approximate surface area is 148 Å². The maximum absolute atomic E-state index is 12.0. The van der Waals surface area contributed by atoms with Gasteiger partial charge in [0.25, 0.3) is 5.91 Å². The number of amides is 2. The van der Waals surface area contributed by atoms with E-state index in [-0.39, 0.29) is 30.4 Å². The minimum Gasteiger partial charge on any atom is -0.368 e. The molecule has 0 aliphatic heterocycles. The van der Waals surface area contributed by atoms with Crippen molar-refractivity contribution in [1.82, 2.24) is 4.98 Å². The van der Waals surface area contributed by atoms with Gasteiger partial charge in [-0.2, -0.15) is 0 Å². The van der Waals surface area contributed by atoms with E-state index in [9.17, 15) is 9.59 Å². The highest BCUT2D eigenvalue weighted by atomic mass is 16.5. The number of pyridine rings is 1. The first kappa shape index (κ1) is 17.9. The Kier molecular flexibility index (Phi) is 6.02. The van der Waals surface area contributed by atoms with Crippen LogP contribution >= 0.6 is 0 Å². The van der Waals surface area contributed by atoms with Crippen LogP contribution in [0.25, 0.3) is 0 Å². The molecule has 0 bridgehead atoms. The molecule has 136 valence electrons. The van der Waals surface area contributed by atoms with Gasteiger partial charge in [-0.15, -0.1) is 0 Å². The number of carbonyl (C=O) groups is 2. The summed E-state index contributed by atoms with van der Waals surface area (Å²) >= 11 is 0. The molecule has 1 aromatic rings. The van der Waals surface area contributed by atoms with Crippen LogP contribution < -0.4 is 10.6 Å². The molecule has 6 heteroatoms. The standard InChI is InChI=1S/C19H27N3O3/c1-13-5-8-16(9-6-13)25-12-18(23)22-17-10-7-15(11-20-17)21-19(24)14-3-2-4-14/h7,10-11,13-14,16H,2-6,8-9,12H2,1H3,(H,21,24)(H,20,22,23). The molecule has 0 spiro atoms. The molecule has 2 N–H and O–H groups in total. The number of ether oxygens (including phenoxy) is 1. The van der Waals surface area contributed by atoms with Gasteiger partial charge in [0.05, 0.1) is 18.0 Å². The maximum Gasteiger partial charge on any atom is 0.251 e. The molecule has 0 unspecified atom stereocenters. The molecule has 1 heterocycles. The maximum atomic E-state index is 12.0. The SMILES string of the molecule is CC1CCC(OCC(=O)Nc2ccc(NC(=O)C3CCC3)cn2)CC1. The third-order valence-corrected chi connectivity index (χ3v) is 5.19. The summed E-state index contributed by atoms with van der Waals surface area (Å²) in [5, 5.41) is 5.59. The second kappa shape index (κ2) is 8.43. The van der Waals surface area contributed by atoms with Crippen LogP contribution in [-0.2, 0) is 14.3 Å². The van der Waals surface area contributed by atoms with Gasteiger partial charge < -0.3 is 15.4 Å². The molecule has 6 nitrogen and oxygen atoms in total. The second-order valence-electron chi connectivity index (χ2n) is 7.29. The van der Waals surface area contributed by atoms with Crippen LogP contribution in [0.1, 0.15) is 51.9 Å². The van der Waals surface area contributed by atoms with Crippen LogP contribution in [0.4, 0.5) is 11.5 Å². The Morgan fingerprint density at radius 3 is 2.48 bits per heavy atom. The van der Waals surface area contributed by atoms with Crippen molar-refractivity contribution in [2.24, 2.45) is 11.8 Å². The summed E-state index contributed by atoms with van der Waals surface area (Å²) in [6.45, 7) is 2.31. The van der Waals surface area contributed by atoms with Crippen molar-refractivity contribution < 1.29 is 14.3 Å². The van der Waals surface area contributed by atoms with Crippen molar-refractivity contribution in [1.29, 1.82) is 0 Å². The number of carbonyl (C=O) groups excluding carboxylic acids is 2. The molecule has 2 aliphatic rings. The predicted molar refractivity (Wildman–Crippen MR) is 96.2 cm³/mol. The van der Waals surface area contributed by atoms with Crippen molar-refractivity contribution in [3.8, 4) is 0 Å². The van der Waals surface area contributed by atoms with E-state index in [4.69, 9.17) is 4.74 Å². The normalized spacial score (nSPS) is 23.6. The summed E-state index contributed by atoms with van der Waals surface area (Å²) < 4.78 is 5.69. The molecule has 0 saturated heterocycles. The van der Waals surface area contributed by atoms with Gasteiger partial charge in [-0.3, -0.25) is 9.59 Å². The third-order valence-electron chi connectivity index (χ3n) is 5.19. The molecule has 2 aliphatic carbocycles. The first-order valence-electron chi connectivity index (χ1n) is 9.28. The number of rotatable bonds is 6. The fraction of sp³-hybridized carbons (Fsp3) is 0.632. The average molecular weight is 345 g/mol. The zero-order valence-corrected chi connectivity index (χ0v) is 14.8. The summed E-state index contributed by atoms with van der Waals surface area (Å²) in [6, 6.07) is 3.44. The highest BCUT2D eigenvalue weighted by molar-refractivity contribution is 5.93. The largest absolute Gasteiger partial charge is 0.368 e. The molecule has 0 aromatic carbocycles. The van der Waals surface area contributed by atoms with E-state index < -0.39 is 0 Å². The topological polar surface area (TPSA) is 80.3 Å². The van der Waals surface area contributed by atoms with Crippen LogP contribution in [-0.4, -0.2) is 29.5 Å². The lowest BCUT2D eigenvalue weighted by Gasteiger charge is -2.25. The van der Waals surface area contributed by atoms with Gasteiger partial charge in [0, 0.05) is 5.92 Å². The Bertz CT molecular complexity index is 590. The van der Waals surface area contributed by atoms with Gasteiger partial charge in [0.1, 0.15) is 12.4 Å². The van der Waals surface area contributed by atoms with Crippen molar-refractivity contribution in [3.63, 3.8) is 0 Å². The number of hydrogen-bond acceptors (Lipinski definition) is 4. The van der Waals surface area contributed by atoms with Crippen LogP contribution in [0.5, 0.6) is 0 Å². The Morgan fingerprint density at radius 1 is 1.12 bits per heavy atom. The van der Waals surface area contributed by atoms with Crippen molar-refractivity contribution >= 4 is 23.3 Å². The molecule has 2 saturated carbocycles. The number of nitrogens with zero attached hydrogens (tertiary/aromatic N) is 1. The highest BCUT2D eigenvalue weighted by Crippen LogP contribution is 2.27. The molecule has 0 radical (unpaired) electrons. The zero-order valence-electron chi connectivity index (χ0n) is 14.8. The van der Waals surface area contributed by atoms with Crippen LogP contribution in [0.15, 0.2) is 18.3 Å². The smallest absolute Gasteiger partial charge is 0.251 e. The van der Waals surface area contributed by atoms with Crippen molar-refractivity contribution in [2.45, 2.75) is 58.0 Å². The molecule has 0 atom stereocenters. The van der Waals surface area contributed by atoms with Crippen LogP contribution in [0.3, 0.4) is 0 Å². The van der Waals surface area contributed by atoms with E-state index in [0.29, 0.717) is 11.5 Å². The van der Waals surface area contributed by atoms with E-state index >= 15 is 0 Å². The van der Waals surface area contributed by atoms with E-state index in [1.807, 2.05) is 0 Å². The lowest BCUT2D eigenvalue weighted by molar-refractivity contribution is -0.123. The van der Waals surface area contributed by atoms with E-state index in [0.717, 1.165) is 38.0 Å². The Hall–Kier alpha value is -1.95. The third kappa shape index (κ3) is 5.26. The molecule has 2 amide bonds. The monoisotopic (exact) mass is 345 g/mol.